The third kappa shape index (κ3) is 3.31. The molecule has 130 valence electrons. The molecule has 0 amide bonds. The van der Waals surface area contributed by atoms with Gasteiger partial charge >= 0.3 is 0 Å². The number of nitrogens with one attached hydrogen (secondary N) is 1. The normalized spacial score (nSPS) is 11.8. The van der Waals surface area contributed by atoms with Crippen molar-refractivity contribution in [3.05, 3.63) is 70.0 Å². The fraction of sp³-hybridized carbons (Fsp3) is 0.176. The highest BCUT2D eigenvalue weighted by Gasteiger charge is 2.17. The second-order valence-corrected chi connectivity index (χ2v) is 7.41. The molecule has 0 saturated carbocycles. The van der Waals surface area contributed by atoms with Gasteiger partial charge in [0.15, 0.2) is 0 Å². The van der Waals surface area contributed by atoms with Gasteiger partial charge in [-0.05, 0) is 42.8 Å². The highest BCUT2D eigenvalue weighted by molar-refractivity contribution is 7.89. The molecule has 0 saturated heterocycles. The molecule has 6 nitrogen and oxygen atoms in total. The van der Waals surface area contributed by atoms with Crippen LogP contribution >= 0.6 is 0 Å². The Morgan fingerprint density at radius 3 is 2.64 bits per heavy atom. The van der Waals surface area contributed by atoms with Crippen LogP contribution in [0.25, 0.3) is 10.9 Å². The maximum Gasteiger partial charge on any atom is 0.261 e. The fourth-order valence-electron chi connectivity index (χ4n) is 2.45. The summed E-state index contributed by atoms with van der Waals surface area (Å²) in [5.74, 6) is -0.191. The Kier molecular flexibility index (Phi) is 4.40. The molecule has 0 unspecified atom stereocenters. The van der Waals surface area contributed by atoms with Crippen LogP contribution in [-0.2, 0) is 23.6 Å². The first-order valence-corrected chi connectivity index (χ1v) is 8.98. The topological polar surface area (TPSA) is 81.1 Å². The van der Waals surface area contributed by atoms with E-state index >= 15 is 0 Å². The molecule has 1 aromatic heterocycles. The first-order chi connectivity index (χ1) is 11.8. The van der Waals surface area contributed by atoms with Gasteiger partial charge in [0.2, 0.25) is 10.0 Å². The average molecular weight is 361 g/mol. The largest absolute Gasteiger partial charge is 0.298 e. The van der Waals surface area contributed by atoms with E-state index in [2.05, 4.69) is 9.71 Å². The summed E-state index contributed by atoms with van der Waals surface area (Å²) in [6.45, 7) is 1.33. The lowest BCUT2D eigenvalue weighted by molar-refractivity contribution is 0.574. The van der Waals surface area contributed by atoms with E-state index in [0.717, 1.165) is 6.07 Å². The minimum Gasteiger partial charge on any atom is -0.298 e. The van der Waals surface area contributed by atoms with Gasteiger partial charge in [-0.15, -0.1) is 0 Å². The number of para-hydroxylation sites is 1. The molecule has 25 heavy (non-hydrogen) atoms. The Balaban J connectivity index is 1.93. The van der Waals surface area contributed by atoms with Crippen molar-refractivity contribution in [2.45, 2.75) is 18.4 Å². The zero-order chi connectivity index (χ0) is 18.2. The van der Waals surface area contributed by atoms with E-state index in [-0.39, 0.29) is 28.4 Å². The third-order valence-corrected chi connectivity index (χ3v) is 5.33. The molecule has 8 heteroatoms. The van der Waals surface area contributed by atoms with Gasteiger partial charge in [0, 0.05) is 7.05 Å². The van der Waals surface area contributed by atoms with E-state index in [9.17, 15) is 17.6 Å². The standard InChI is InChI=1S/C17H16FN3O3S/c1-11-9-12(7-8-14(11)18)25(23,24)19-10-16-20-15-6-4-3-5-13(15)17(22)21(16)2/h3-9,19H,10H2,1-2H3. The molecule has 0 spiro atoms. The summed E-state index contributed by atoms with van der Waals surface area (Å²) in [6.07, 6.45) is 0. The van der Waals surface area contributed by atoms with Gasteiger partial charge in [-0.1, -0.05) is 12.1 Å². The number of rotatable bonds is 4. The highest BCUT2D eigenvalue weighted by atomic mass is 32.2. The second kappa shape index (κ2) is 6.38. The Morgan fingerprint density at radius 2 is 1.92 bits per heavy atom. The lowest BCUT2D eigenvalue weighted by Crippen LogP contribution is -2.29. The van der Waals surface area contributed by atoms with E-state index in [4.69, 9.17) is 0 Å². The molecule has 1 N–H and O–H groups in total. The van der Waals surface area contributed by atoms with E-state index in [1.807, 2.05) is 0 Å². The molecule has 0 atom stereocenters. The molecular weight excluding hydrogens is 345 g/mol. The zero-order valence-electron chi connectivity index (χ0n) is 13.7. The Labute approximate surface area is 144 Å². The molecular formula is C17H16FN3O3S. The van der Waals surface area contributed by atoms with Crippen molar-refractivity contribution in [3.8, 4) is 0 Å². The molecule has 0 radical (unpaired) electrons. The smallest absolute Gasteiger partial charge is 0.261 e. The number of aryl methyl sites for hydroxylation is 1. The number of fused-ring (bicyclic) bond motifs is 1. The van der Waals surface area contributed by atoms with Crippen LogP contribution in [0.15, 0.2) is 52.2 Å². The quantitative estimate of drug-likeness (QED) is 0.769. The van der Waals surface area contributed by atoms with E-state index < -0.39 is 15.8 Å². The zero-order valence-corrected chi connectivity index (χ0v) is 14.5. The van der Waals surface area contributed by atoms with Crippen LogP contribution in [0, 0.1) is 12.7 Å². The molecule has 2 aromatic carbocycles. The lowest BCUT2D eigenvalue weighted by atomic mass is 10.2. The van der Waals surface area contributed by atoms with Gasteiger partial charge in [0.25, 0.3) is 5.56 Å². The SMILES string of the molecule is Cc1cc(S(=O)(=O)NCc2nc3ccccc3c(=O)n2C)ccc1F. The van der Waals surface area contributed by atoms with E-state index in [1.165, 1.54) is 30.7 Å². The lowest BCUT2D eigenvalue weighted by Gasteiger charge is -2.11. The first kappa shape index (κ1) is 17.2. The van der Waals surface area contributed by atoms with E-state index in [1.54, 1.807) is 24.3 Å². The van der Waals surface area contributed by atoms with Crippen LogP contribution in [-0.4, -0.2) is 18.0 Å². The summed E-state index contributed by atoms with van der Waals surface area (Å²) in [5.41, 5.74) is 0.481. The predicted molar refractivity (Wildman–Crippen MR) is 92.1 cm³/mol. The fourth-order valence-corrected chi connectivity index (χ4v) is 3.51. The van der Waals surface area contributed by atoms with Crippen LogP contribution in [0.2, 0.25) is 0 Å². The number of halogens is 1. The molecule has 0 fully saturated rings. The average Bonchev–Trinajstić information content (AvgIpc) is 2.59. The van der Waals surface area contributed by atoms with Crippen LogP contribution in [0.4, 0.5) is 4.39 Å². The van der Waals surface area contributed by atoms with Crippen molar-refractivity contribution in [3.63, 3.8) is 0 Å². The third-order valence-electron chi connectivity index (χ3n) is 3.94. The maximum absolute atomic E-state index is 13.3. The Hall–Kier alpha value is -2.58. The first-order valence-electron chi connectivity index (χ1n) is 7.50. The van der Waals surface area contributed by atoms with Gasteiger partial charge in [0.05, 0.1) is 22.3 Å². The molecule has 1 heterocycles. The van der Waals surface area contributed by atoms with Crippen molar-refractivity contribution < 1.29 is 12.8 Å². The minimum absolute atomic E-state index is 0.0443. The predicted octanol–water partition coefficient (Wildman–Crippen LogP) is 1.86. The number of hydrogen-bond donors (Lipinski definition) is 1. The summed E-state index contributed by atoms with van der Waals surface area (Å²) in [4.78, 5) is 16.6. The van der Waals surface area contributed by atoms with Gasteiger partial charge in [0.1, 0.15) is 11.6 Å². The summed E-state index contributed by atoms with van der Waals surface area (Å²) >= 11 is 0. The monoisotopic (exact) mass is 361 g/mol. The van der Waals surface area contributed by atoms with Crippen LogP contribution < -0.4 is 10.3 Å². The van der Waals surface area contributed by atoms with Crippen LogP contribution in [0.3, 0.4) is 0 Å². The van der Waals surface area contributed by atoms with Crippen LogP contribution in [0.5, 0.6) is 0 Å². The van der Waals surface area contributed by atoms with Gasteiger partial charge in [-0.2, -0.15) is 0 Å². The van der Waals surface area contributed by atoms with Gasteiger partial charge in [-0.3, -0.25) is 9.36 Å². The number of aromatic nitrogens is 2. The number of nitrogens with zero attached hydrogens (tertiary/aromatic N) is 2. The van der Waals surface area contributed by atoms with Crippen molar-refractivity contribution >= 4 is 20.9 Å². The molecule has 0 aliphatic heterocycles. The van der Waals surface area contributed by atoms with Gasteiger partial charge < -0.3 is 0 Å². The molecule has 0 aliphatic carbocycles. The highest BCUT2D eigenvalue weighted by Crippen LogP contribution is 2.14. The number of sulfonamides is 1. The van der Waals surface area contributed by atoms with Crippen molar-refractivity contribution in [2.24, 2.45) is 7.05 Å². The Morgan fingerprint density at radius 1 is 1.20 bits per heavy atom. The number of benzene rings is 2. The summed E-state index contributed by atoms with van der Waals surface area (Å²) in [7, 11) is -2.32. The Bertz CT molecular complexity index is 1120. The second-order valence-electron chi connectivity index (χ2n) is 5.64. The molecule has 3 aromatic rings. The van der Waals surface area contributed by atoms with Crippen molar-refractivity contribution in [1.29, 1.82) is 0 Å². The van der Waals surface area contributed by atoms with E-state index in [0.29, 0.717) is 10.9 Å². The summed E-state index contributed by atoms with van der Waals surface area (Å²) < 4.78 is 41.8. The van der Waals surface area contributed by atoms with Crippen molar-refractivity contribution in [1.82, 2.24) is 14.3 Å². The summed E-state index contributed by atoms with van der Waals surface area (Å²) in [5, 5.41) is 0.464. The molecule has 0 bridgehead atoms. The number of hydrogen-bond acceptors (Lipinski definition) is 4. The molecule has 0 aliphatic rings. The molecule has 3 rings (SSSR count). The van der Waals surface area contributed by atoms with Crippen molar-refractivity contribution in [2.75, 3.05) is 0 Å². The maximum atomic E-state index is 13.3. The van der Waals surface area contributed by atoms with Crippen LogP contribution in [0.1, 0.15) is 11.4 Å². The van der Waals surface area contributed by atoms with Gasteiger partial charge in [-0.25, -0.2) is 22.5 Å². The summed E-state index contributed by atoms with van der Waals surface area (Å²) in [6, 6.07) is 10.4. The minimum atomic E-state index is -3.85.